The summed E-state index contributed by atoms with van der Waals surface area (Å²) >= 11 is 5.46. The van der Waals surface area contributed by atoms with Crippen LogP contribution in [0.5, 0.6) is 0 Å². The zero-order valence-electron chi connectivity index (χ0n) is 11.9. The molecule has 1 N–H and O–H groups in total. The highest BCUT2D eigenvalue weighted by molar-refractivity contribution is 9.10. The van der Waals surface area contributed by atoms with Crippen LogP contribution < -0.4 is 5.32 Å². The molecule has 1 atom stereocenters. The Morgan fingerprint density at radius 2 is 1.74 bits per heavy atom. The lowest BCUT2D eigenvalue weighted by atomic mass is 9.97. The molecule has 0 bridgehead atoms. The van der Waals surface area contributed by atoms with Gasteiger partial charge in [-0.2, -0.15) is 0 Å². The van der Waals surface area contributed by atoms with Crippen LogP contribution in [0.15, 0.2) is 28.1 Å². The van der Waals surface area contributed by atoms with Crippen molar-refractivity contribution < 1.29 is 0 Å². The predicted molar refractivity (Wildman–Crippen MR) is 88.2 cm³/mol. The Morgan fingerprint density at radius 3 is 2.21 bits per heavy atom. The van der Waals surface area contributed by atoms with Crippen molar-refractivity contribution in [1.82, 2.24) is 5.32 Å². The number of thiophene rings is 1. The second-order valence-corrected chi connectivity index (χ2v) is 6.86. The van der Waals surface area contributed by atoms with Crippen LogP contribution in [0.1, 0.15) is 40.1 Å². The Labute approximate surface area is 128 Å². The van der Waals surface area contributed by atoms with E-state index in [1.165, 1.54) is 31.6 Å². The third-order valence-electron chi connectivity index (χ3n) is 3.28. The van der Waals surface area contributed by atoms with Gasteiger partial charge in [0, 0.05) is 9.35 Å². The summed E-state index contributed by atoms with van der Waals surface area (Å²) in [6, 6.07) is 7.12. The summed E-state index contributed by atoms with van der Waals surface area (Å²) in [6.07, 6.45) is 0. The Balaban J connectivity index is 2.44. The minimum absolute atomic E-state index is 0.292. The molecule has 1 aromatic carbocycles. The molecule has 0 aliphatic heterocycles. The molecule has 0 radical (unpaired) electrons. The van der Waals surface area contributed by atoms with E-state index in [4.69, 9.17) is 0 Å². The topological polar surface area (TPSA) is 12.0 Å². The first-order valence-electron chi connectivity index (χ1n) is 6.58. The van der Waals surface area contributed by atoms with E-state index < -0.39 is 0 Å². The summed E-state index contributed by atoms with van der Waals surface area (Å²) in [5.41, 5.74) is 5.30. The van der Waals surface area contributed by atoms with Crippen molar-refractivity contribution in [2.45, 2.75) is 33.7 Å². The first kappa shape index (κ1) is 14.8. The highest BCUT2D eigenvalue weighted by atomic mass is 79.9. The zero-order chi connectivity index (χ0) is 14.0. The molecule has 0 amide bonds. The van der Waals surface area contributed by atoms with Gasteiger partial charge < -0.3 is 5.32 Å². The van der Waals surface area contributed by atoms with Gasteiger partial charge in [-0.15, -0.1) is 11.3 Å². The van der Waals surface area contributed by atoms with Crippen LogP contribution in [-0.2, 0) is 0 Å². The maximum Gasteiger partial charge on any atom is 0.0585 e. The molecular formula is C16H20BrNS. The smallest absolute Gasteiger partial charge is 0.0585 e. The summed E-state index contributed by atoms with van der Waals surface area (Å²) in [5, 5.41) is 5.85. The molecule has 1 aromatic heterocycles. The molecule has 0 spiro atoms. The lowest BCUT2D eigenvalue weighted by molar-refractivity contribution is 0.631. The van der Waals surface area contributed by atoms with E-state index in [-0.39, 0.29) is 0 Å². The second-order valence-electron chi connectivity index (χ2n) is 4.95. The molecule has 102 valence electrons. The van der Waals surface area contributed by atoms with Gasteiger partial charge in [0.05, 0.1) is 6.04 Å². The Hall–Kier alpha value is -0.640. The molecule has 0 aliphatic carbocycles. The average Bonchev–Trinajstić information content (AvgIpc) is 2.79. The van der Waals surface area contributed by atoms with E-state index in [2.05, 4.69) is 72.5 Å². The average molecular weight is 338 g/mol. The fourth-order valence-corrected chi connectivity index (χ4v) is 3.35. The second kappa shape index (κ2) is 6.21. The van der Waals surface area contributed by atoms with Gasteiger partial charge in [-0.3, -0.25) is 0 Å². The number of aryl methyl sites for hydroxylation is 3. The van der Waals surface area contributed by atoms with Crippen LogP contribution in [-0.4, -0.2) is 6.54 Å². The SMILES string of the molecule is CCNC(c1csc(C)c1)c1cc(C)c(Br)c(C)c1. The van der Waals surface area contributed by atoms with Crippen molar-refractivity contribution in [3.63, 3.8) is 0 Å². The summed E-state index contributed by atoms with van der Waals surface area (Å²) < 4.78 is 1.22. The zero-order valence-corrected chi connectivity index (χ0v) is 14.3. The van der Waals surface area contributed by atoms with Crippen molar-refractivity contribution in [3.05, 3.63) is 55.2 Å². The van der Waals surface area contributed by atoms with Gasteiger partial charge in [0.2, 0.25) is 0 Å². The number of nitrogens with one attached hydrogen (secondary N) is 1. The number of hydrogen-bond acceptors (Lipinski definition) is 2. The minimum atomic E-state index is 0.292. The van der Waals surface area contributed by atoms with Crippen LogP contribution >= 0.6 is 27.3 Å². The number of rotatable bonds is 4. The van der Waals surface area contributed by atoms with E-state index in [9.17, 15) is 0 Å². The molecule has 3 heteroatoms. The van der Waals surface area contributed by atoms with E-state index in [1.54, 1.807) is 0 Å². The fourth-order valence-electron chi connectivity index (χ4n) is 2.39. The predicted octanol–water partition coefficient (Wildman–Crippen LogP) is 5.13. The molecule has 0 aliphatic rings. The van der Waals surface area contributed by atoms with E-state index in [1.807, 2.05) is 11.3 Å². The highest BCUT2D eigenvalue weighted by Gasteiger charge is 2.16. The standard InChI is InChI=1S/C16H20BrNS/c1-5-18-16(14-8-12(4)19-9-14)13-6-10(2)15(17)11(3)7-13/h6-9,16,18H,5H2,1-4H3. The lowest BCUT2D eigenvalue weighted by Crippen LogP contribution is -2.21. The maximum atomic E-state index is 3.64. The highest BCUT2D eigenvalue weighted by Crippen LogP contribution is 2.30. The number of benzene rings is 1. The van der Waals surface area contributed by atoms with Crippen molar-refractivity contribution in [2.75, 3.05) is 6.54 Å². The van der Waals surface area contributed by atoms with Crippen molar-refractivity contribution >= 4 is 27.3 Å². The molecule has 0 fully saturated rings. The normalized spacial score (nSPS) is 12.7. The van der Waals surface area contributed by atoms with Gasteiger partial charge in [-0.25, -0.2) is 0 Å². The van der Waals surface area contributed by atoms with Crippen molar-refractivity contribution in [2.24, 2.45) is 0 Å². The lowest BCUT2D eigenvalue weighted by Gasteiger charge is -2.19. The van der Waals surface area contributed by atoms with Crippen molar-refractivity contribution in [1.29, 1.82) is 0 Å². The molecular weight excluding hydrogens is 318 g/mol. The third kappa shape index (κ3) is 3.28. The van der Waals surface area contributed by atoms with Crippen LogP contribution in [0, 0.1) is 20.8 Å². The quantitative estimate of drug-likeness (QED) is 0.814. The van der Waals surface area contributed by atoms with Crippen LogP contribution in [0.25, 0.3) is 0 Å². The molecule has 0 saturated heterocycles. The summed E-state index contributed by atoms with van der Waals surface area (Å²) in [7, 11) is 0. The molecule has 2 aromatic rings. The number of halogens is 1. The first-order valence-corrected chi connectivity index (χ1v) is 8.25. The maximum absolute atomic E-state index is 3.64. The molecule has 1 unspecified atom stereocenters. The van der Waals surface area contributed by atoms with Gasteiger partial charge in [0.25, 0.3) is 0 Å². The molecule has 1 heterocycles. The summed E-state index contributed by atoms with van der Waals surface area (Å²) in [5.74, 6) is 0. The Kier molecular flexibility index (Phi) is 4.82. The molecule has 1 nitrogen and oxygen atoms in total. The summed E-state index contributed by atoms with van der Waals surface area (Å²) in [6.45, 7) is 9.60. The molecule has 2 rings (SSSR count). The monoisotopic (exact) mass is 337 g/mol. The van der Waals surface area contributed by atoms with Crippen LogP contribution in [0.4, 0.5) is 0 Å². The van der Waals surface area contributed by atoms with Gasteiger partial charge in [0.1, 0.15) is 0 Å². The van der Waals surface area contributed by atoms with Gasteiger partial charge in [-0.1, -0.05) is 35.0 Å². The largest absolute Gasteiger partial charge is 0.307 e. The van der Waals surface area contributed by atoms with Gasteiger partial charge in [0.15, 0.2) is 0 Å². The Bertz CT molecular complexity index is 551. The molecule has 19 heavy (non-hydrogen) atoms. The third-order valence-corrected chi connectivity index (χ3v) is 5.42. The van der Waals surface area contributed by atoms with Gasteiger partial charge in [-0.05, 0) is 61.0 Å². The van der Waals surface area contributed by atoms with Crippen molar-refractivity contribution in [3.8, 4) is 0 Å². The van der Waals surface area contributed by atoms with Crippen LogP contribution in [0.2, 0.25) is 0 Å². The van der Waals surface area contributed by atoms with E-state index >= 15 is 0 Å². The summed E-state index contributed by atoms with van der Waals surface area (Å²) in [4.78, 5) is 1.36. The fraction of sp³-hybridized carbons (Fsp3) is 0.375. The van der Waals surface area contributed by atoms with Gasteiger partial charge >= 0.3 is 0 Å². The minimum Gasteiger partial charge on any atom is -0.307 e. The first-order chi connectivity index (χ1) is 9.02. The Morgan fingerprint density at radius 1 is 1.11 bits per heavy atom. The van der Waals surface area contributed by atoms with Crippen LogP contribution in [0.3, 0.4) is 0 Å². The van der Waals surface area contributed by atoms with E-state index in [0.29, 0.717) is 6.04 Å². The molecule has 0 saturated carbocycles. The van der Waals surface area contributed by atoms with E-state index in [0.717, 1.165) is 6.54 Å². The number of hydrogen-bond donors (Lipinski definition) is 1.